The Balaban J connectivity index is 1.79. The van der Waals surface area contributed by atoms with Gasteiger partial charge in [-0.1, -0.05) is 35.9 Å². The van der Waals surface area contributed by atoms with Crippen molar-refractivity contribution < 1.29 is 24.5 Å². The zero-order chi connectivity index (χ0) is 24.4. The van der Waals surface area contributed by atoms with E-state index in [9.17, 15) is 19.8 Å². The van der Waals surface area contributed by atoms with Gasteiger partial charge in [-0.15, -0.1) is 0 Å². The molecule has 1 aliphatic rings. The fourth-order valence-corrected chi connectivity index (χ4v) is 4.35. The molecule has 1 aliphatic heterocycles. The van der Waals surface area contributed by atoms with Gasteiger partial charge in [0.25, 0.3) is 11.7 Å². The van der Waals surface area contributed by atoms with Crippen molar-refractivity contribution in [2.24, 2.45) is 0 Å². The van der Waals surface area contributed by atoms with Gasteiger partial charge in [0, 0.05) is 17.1 Å². The van der Waals surface area contributed by atoms with Crippen LogP contribution in [0.15, 0.2) is 72.3 Å². The Labute approximate surface area is 202 Å². The third-order valence-electron chi connectivity index (χ3n) is 5.97. The summed E-state index contributed by atoms with van der Waals surface area (Å²) in [6.45, 7) is 2.03. The number of nitrogens with zero attached hydrogens (tertiary/aromatic N) is 1. The van der Waals surface area contributed by atoms with Gasteiger partial charge in [-0.2, -0.15) is 0 Å². The number of carbonyl (C=O) groups is 2. The van der Waals surface area contributed by atoms with Gasteiger partial charge in [0.2, 0.25) is 0 Å². The number of aryl methyl sites for hydroxylation is 1. The van der Waals surface area contributed by atoms with Crippen molar-refractivity contribution in [3.05, 3.63) is 99.6 Å². The molecular formula is C27H24ClNO5. The number of ether oxygens (including phenoxy) is 1. The summed E-state index contributed by atoms with van der Waals surface area (Å²) in [6, 6.07) is 17.9. The van der Waals surface area contributed by atoms with Crippen LogP contribution in [0.1, 0.15) is 28.3 Å². The zero-order valence-corrected chi connectivity index (χ0v) is 19.5. The quantitative estimate of drug-likeness (QED) is 0.295. The Hall–Kier alpha value is -3.77. The molecule has 1 fully saturated rings. The average molecular weight is 478 g/mol. The standard InChI is InChI=1S/C27H24ClNO5/c1-16-14-21(34-2)10-11-22(16)25(31)23-24(18-4-3-5-20(30)15-18)29(27(33)26(23)32)13-12-17-6-8-19(28)9-7-17/h3-11,14-15,24,30-31H,12-13H2,1-2H3/b25-23-. The lowest BCUT2D eigenvalue weighted by Gasteiger charge is -2.25. The number of aliphatic hydroxyl groups excluding tert-OH is 1. The minimum absolute atomic E-state index is 0.00131. The molecule has 1 unspecified atom stereocenters. The van der Waals surface area contributed by atoms with Gasteiger partial charge in [-0.25, -0.2) is 0 Å². The summed E-state index contributed by atoms with van der Waals surface area (Å²) in [5, 5.41) is 21.9. The van der Waals surface area contributed by atoms with E-state index >= 15 is 0 Å². The molecular weight excluding hydrogens is 454 g/mol. The molecule has 4 rings (SSSR count). The summed E-state index contributed by atoms with van der Waals surface area (Å²) < 4.78 is 5.23. The van der Waals surface area contributed by atoms with Crippen LogP contribution >= 0.6 is 11.6 Å². The number of aliphatic hydroxyl groups is 1. The maximum absolute atomic E-state index is 13.2. The molecule has 1 heterocycles. The van der Waals surface area contributed by atoms with E-state index in [1.807, 2.05) is 12.1 Å². The number of Topliss-reactive ketones (excluding diaryl/α,β-unsaturated/α-hetero) is 1. The molecule has 3 aromatic carbocycles. The van der Waals surface area contributed by atoms with Crippen LogP contribution in [0.4, 0.5) is 0 Å². The number of phenolic OH excluding ortho intramolecular Hbond substituents is 1. The highest BCUT2D eigenvalue weighted by Crippen LogP contribution is 2.41. The molecule has 0 spiro atoms. The first-order valence-electron chi connectivity index (χ1n) is 10.8. The molecule has 7 heteroatoms. The molecule has 0 radical (unpaired) electrons. The van der Waals surface area contributed by atoms with Gasteiger partial charge in [0.1, 0.15) is 17.3 Å². The first-order chi connectivity index (χ1) is 16.3. The van der Waals surface area contributed by atoms with Gasteiger partial charge >= 0.3 is 0 Å². The third kappa shape index (κ3) is 4.50. The minimum atomic E-state index is -0.846. The van der Waals surface area contributed by atoms with E-state index in [1.54, 1.807) is 56.5 Å². The van der Waals surface area contributed by atoms with Gasteiger partial charge in [0.05, 0.1) is 18.7 Å². The number of amides is 1. The zero-order valence-electron chi connectivity index (χ0n) is 18.8. The molecule has 2 N–H and O–H groups in total. The number of hydrogen-bond donors (Lipinski definition) is 2. The highest BCUT2D eigenvalue weighted by Gasteiger charge is 2.46. The van der Waals surface area contributed by atoms with Crippen LogP contribution in [0.3, 0.4) is 0 Å². The second-order valence-corrected chi connectivity index (χ2v) is 8.58. The number of carbonyl (C=O) groups excluding carboxylic acids is 2. The van der Waals surface area contributed by atoms with Crippen molar-refractivity contribution in [1.29, 1.82) is 0 Å². The van der Waals surface area contributed by atoms with Crippen molar-refractivity contribution in [3.8, 4) is 11.5 Å². The largest absolute Gasteiger partial charge is 0.508 e. The molecule has 1 saturated heterocycles. The summed E-state index contributed by atoms with van der Waals surface area (Å²) in [4.78, 5) is 27.7. The number of halogens is 1. The predicted octanol–water partition coefficient (Wildman–Crippen LogP) is 5.03. The number of rotatable bonds is 6. The Bertz CT molecular complexity index is 1280. The summed E-state index contributed by atoms with van der Waals surface area (Å²) in [5.74, 6) is -1.11. The van der Waals surface area contributed by atoms with Crippen molar-refractivity contribution >= 4 is 29.1 Å². The number of aromatic hydroxyl groups is 1. The molecule has 0 aliphatic carbocycles. The lowest BCUT2D eigenvalue weighted by molar-refractivity contribution is -0.139. The lowest BCUT2D eigenvalue weighted by Crippen LogP contribution is -2.31. The van der Waals surface area contributed by atoms with Crippen molar-refractivity contribution in [1.82, 2.24) is 4.90 Å². The van der Waals surface area contributed by atoms with Gasteiger partial charge in [-0.3, -0.25) is 9.59 Å². The first-order valence-corrected chi connectivity index (χ1v) is 11.1. The van der Waals surface area contributed by atoms with Crippen LogP contribution in [0.25, 0.3) is 5.76 Å². The number of phenols is 1. The second kappa shape index (κ2) is 9.61. The number of methoxy groups -OCH3 is 1. The molecule has 1 atom stereocenters. The van der Waals surface area contributed by atoms with E-state index in [0.717, 1.165) is 5.56 Å². The maximum Gasteiger partial charge on any atom is 0.295 e. The summed E-state index contributed by atoms with van der Waals surface area (Å²) in [7, 11) is 1.54. The average Bonchev–Trinajstić information content (AvgIpc) is 3.08. The highest BCUT2D eigenvalue weighted by atomic mass is 35.5. The third-order valence-corrected chi connectivity index (χ3v) is 6.22. The number of hydrogen-bond acceptors (Lipinski definition) is 5. The molecule has 0 bridgehead atoms. The monoisotopic (exact) mass is 477 g/mol. The molecule has 3 aromatic rings. The lowest BCUT2D eigenvalue weighted by atomic mass is 9.93. The van der Waals surface area contributed by atoms with Crippen LogP contribution in [0.2, 0.25) is 5.02 Å². The van der Waals surface area contributed by atoms with Crippen LogP contribution in [0.5, 0.6) is 11.5 Å². The Morgan fingerprint density at radius 2 is 1.79 bits per heavy atom. The summed E-state index contributed by atoms with van der Waals surface area (Å²) >= 11 is 5.97. The maximum atomic E-state index is 13.2. The van der Waals surface area contributed by atoms with E-state index in [0.29, 0.717) is 33.9 Å². The fraction of sp³-hybridized carbons (Fsp3) is 0.185. The van der Waals surface area contributed by atoms with E-state index in [1.165, 1.54) is 17.0 Å². The van der Waals surface area contributed by atoms with E-state index < -0.39 is 17.7 Å². The van der Waals surface area contributed by atoms with Crippen molar-refractivity contribution in [2.75, 3.05) is 13.7 Å². The molecule has 1 amide bonds. The molecule has 34 heavy (non-hydrogen) atoms. The smallest absolute Gasteiger partial charge is 0.295 e. The number of likely N-dealkylation sites (tertiary alicyclic amines) is 1. The molecule has 174 valence electrons. The Morgan fingerprint density at radius 1 is 1.06 bits per heavy atom. The van der Waals surface area contributed by atoms with E-state index in [-0.39, 0.29) is 23.6 Å². The van der Waals surface area contributed by atoms with Gasteiger partial charge in [0.15, 0.2) is 0 Å². The van der Waals surface area contributed by atoms with Crippen LogP contribution < -0.4 is 4.74 Å². The normalized spacial score (nSPS) is 17.3. The molecule has 0 aromatic heterocycles. The minimum Gasteiger partial charge on any atom is -0.508 e. The van der Waals surface area contributed by atoms with Crippen molar-refractivity contribution in [3.63, 3.8) is 0 Å². The van der Waals surface area contributed by atoms with Gasteiger partial charge in [-0.05, 0) is 72.5 Å². The Morgan fingerprint density at radius 3 is 2.44 bits per heavy atom. The van der Waals surface area contributed by atoms with Crippen molar-refractivity contribution in [2.45, 2.75) is 19.4 Å². The fourth-order valence-electron chi connectivity index (χ4n) is 4.23. The second-order valence-electron chi connectivity index (χ2n) is 8.14. The van der Waals surface area contributed by atoms with Crippen LogP contribution in [0, 0.1) is 6.92 Å². The summed E-state index contributed by atoms with van der Waals surface area (Å²) in [6.07, 6.45) is 0.487. The molecule has 6 nitrogen and oxygen atoms in total. The molecule has 0 saturated carbocycles. The number of ketones is 1. The topological polar surface area (TPSA) is 87.1 Å². The van der Waals surface area contributed by atoms with E-state index in [4.69, 9.17) is 16.3 Å². The number of benzene rings is 3. The first kappa shape index (κ1) is 23.4. The van der Waals surface area contributed by atoms with Crippen LogP contribution in [-0.2, 0) is 16.0 Å². The highest BCUT2D eigenvalue weighted by molar-refractivity contribution is 6.46. The predicted molar refractivity (Wildman–Crippen MR) is 130 cm³/mol. The summed E-state index contributed by atoms with van der Waals surface area (Å²) in [5.41, 5.74) is 2.59. The van der Waals surface area contributed by atoms with Crippen LogP contribution in [-0.4, -0.2) is 40.5 Å². The Kier molecular flexibility index (Phi) is 6.61. The van der Waals surface area contributed by atoms with E-state index in [2.05, 4.69) is 0 Å². The van der Waals surface area contributed by atoms with Gasteiger partial charge < -0.3 is 19.8 Å². The SMILES string of the molecule is COc1ccc(/C(O)=C2/C(=O)C(=O)N(CCc3ccc(Cl)cc3)C2c2cccc(O)c2)c(C)c1.